The third kappa shape index (κ3) is 4.75. The summed E-state index contributed by atoms with van der Waals surface area (Å²) in [5.41, 5.74) is 1.63. The van der Waals surface area contributed by atoms with E-state index in [-0.39, 0.29) is 24.4 Å². The average molecular weight is 533 g/mol. The van der Waals surface area contributed by atoms with Crippen molar-refractivity contribution in [2.24, 2.45) is 10.5 Å². The van der Waals surface area contributed by atoms with Crippen molar-refractivity contribution in [2.75, 3.05) is 33.9 Å². The molecule has 0 radical (unpaired) electrons. The zero-order valence-corrected chi connectivity index (χ0v) is 22.6. The number of fused-ring (bicyclic) bond motifs is 1. The zero-order chi connectivity index (χ0) is 27.9. The van der Waals surface area contributed by atoms with Crippen LogP contribution in [0.1, 0.15) is 59.4 Å². The van der Waals surface area contributed by atoms with E-state index in [4.69, 9.17) is 14.6 Å². The number of likely N-dealkylation sites (tertiary alicyclic amines) is 1. The Balaban J connectivity index is 1.28. The van der Waals surface area contributed by atoms with Gasteiger partial charge in [0.25, 0.3) is 11.8 Å². The molecule has 0 spiro atoms. The molecule has 1 saturated heterocycles. The Hall–Kier alpha value is -4.21. The molecule has 10 heteroatoms. The molecule has 0 N–H and O–H groups in total. The van der Waals surface area contributed by atoms with Gasteiger partial charge < -0.3 is 14.4 Å². The molecule has 0 bridgehead atoms. The van der Waals surface area contributed by atoms with Crippen LogP contribution in [-0.4, -0.2) is 84.0 Å². The number of carbonyl (C=O) groups is 4. The van der Waals surface area contributed by atoms with Gasteiger partial charge in [-0.2, -0.15) is 5.10 Å². The van der Waals surface area contributed by atoms with Crippen molar-refractivity contribution in [1.29, 1.82) is 0 Å². The highest BCUT2D eigenvalue weighted by atomic mass is 16.5. The van der Waals surface area contributed by atoms with Gasteiger partial charge >= 0.3 is 0 Å². The number of benzene rings is 2. The fourth-order valence-electron chi connectivity index (χ4n) is 5.42. The van der Waals surface area contributed by atoms with Crippen molar-refractivity contribution in [3.63, 3.8) is 0 Å². The van der Waals surface area contributed by atoms with Crippen LogP contribution in [-0.2, 0) is 9.59 Å². The van der Waals surface area contributed by atoms with E-state index < -0.39 is 17.2 Å². The van der Waals surface area contributed by atoms with Crippen LogP contribution >= 0.6 is 0 Å². The molecular formula is C29H32N4O6. The van der Waals surface area contributed by atoms with Gasteiger partial charge in [-0.15, -0.1) is 0 Å². The molecule has 0 atom stereocenters. The first kappa shape index (κ1) is 26.4. The quantitative estimate of drug-likeness (QED) is 0.530. The van der Waals surface area contributed by atoms with Crippen LogP contribution in [0.2, 0.25) is 0 Å². The van der Waals surface area contributed by atoms with E-state index in [1.807, 2.05) is 32.0 Å². The summed E-state index contributed by atoms with van der Waals surface area (Å²) in [5.74, 6) is -0.0359. The molecule has 0 aromatic heterocycles. The molecule has 3 aliphatic rings. The molecule has 3 heterocycles. The lowest BCUT2D eigenvalue weighted by molar-refractivity contribution is -0.145. The number of hydrazone groups is 1. The number of piperidine rings is 1. The number of hydrogen-bond acceptors (Lipinski definition) is 7. The minimum atomic E-state index is -0.650. The largest absolute Gasteiger partial charge is 0.493 e. The van der Waals surface area contributed by atoms with Crippen LogP contribution in [0.4, 0.5) is 0 Å². The SMILES string of the molecule is COc1ccc(C2=NN(C3CCN(C(=O)CN4C(=O)c5ccccc5C4=O)CC3)C(=O)C(C)(C)C2)cc1OC. The Morgan fingerprint density at radius 3 is 2.15 bits per heavy atom. The minimum Gasteiger partial charge on any atom is -0.493 e. The maximum absolute atomic E-state index is 13.4. The number of carbonyl (C=O) groups excluding carboxylic acids is 4. The van der Waals surface area contributed by atoms with Crippen molar-refractivity contribution in [1.82, 2.24) is 14.8 Å². The fourth-order valence-corrected chi connectivity index (χ4v) is 5.42. The Morgan fingerprint density at radius 2 is 1.56 bits per heavy atom. The molecule has 3 aliphatic heterocycles. The molecule has 39 heavy (non-hydrogen) atoms. The second kappa shape index (κ2) is 10.2. The Kier molecular flexibility index (Phi) is 6.88. The molecule has 0 saturated carbocycles. The standard InChI is InChI=1S/C29H32N4O6/c1-29(2)16-22(18-9-10-23(38-3)24(15-18)39-4)30-33(28(29)37)19-11-13-31(14-12-19)25(34)17-32-26(35)20-7-5-6-8-21(20)27(32)36/h5-10,15,19H,11-14,16-17H2,1-4H3. The van der Waals surface area contributed by atoms with Gasteiger partial charge in [-0.1, -0.05) is 26.0 Å². The van der Waals surface area contributed by atoms with Crippen molar-refractivity contribution in [2.45, 2.75) is 39.2 Å². The summed E-state index contributed by atoms with van der Waals surface area (Å²) in [5, 5.41) is 6.37. The summed E-state index contributed by atoms with van der Waals surface area (Å²) in [6.45, 7) is 4.33. The summed E-state index contributed by atoms with van der Waals surface area (Å²) in [7, 11) is 3.16. The molecule has 2 aromatic rings. The summed E-state index contributed by atoms with van der Waals surface area (Å²) < 4.78 is 10.8. The van der Waals surface area contributed by atoms with E-state index in [1.54, 1.807) is 48.4 Å². The fraction of sp³-hybridized carbons (Fsp3) is 0.414. The first-order valence-corrected chi connectivity index (χ1v) is 13.0. The Labute approximate surface area is 227 Å². The maximum atomic E-state index is 13.4. The summed E-state index contributed by atoms with van der Waals surface area (Å²) in [6, 6.07) is 12.0. The first-order chi connectivity index (χ1) is 18.6. The van der Waals surface area contributed by atoms with Gasteiger partial charge in [0.05, 0.1) is 42.5 Å². The number of methoxy groups -OCH3 is 2. The van der Waals surface area contributed by atoms with Crippen LogP contribution in [0.3, 0.4) is 0 Å². The van der Waals surface area contributed by atoms with Gasteiger partial charge in [0.15, 0.2) is 11.5 Å². The molecule has 1 fully saturated rings. The van der Waals surface area contributed by atoms with E-state index in [1.165, 1.54) is 0 Å². The predicted molar refractivity (Wildman–Crippen MR) is 143 cm³/mol. The summed E-state index contributed by atoms with van der Waals surface area (Å²) >= 11 is 0. The number of imide groups is 1. The third-order valence-electron chi connectivity index (χ3n) is 7.68. The van der Waals surface area contributed by atoms with Crippen LogP contribution < -0.4 is 9.47 Å². The maximum Gasteiger partial charge on any atom is 0.262 e. The second-order valence-corrected chi connectivity index (χ2v) is 10.7. The lowest BCUT2D eigenvalue weighted by Crippen LogP contribution is -2.53. The molecule has 10 nitrogen and oxygen atoms in total. The predicted octanol–water partition coefficient (Wildman–Crippen LogP) is 2.95. The number of nitrogens with zero attached hydrogens (tertiary/aromatic N) is 4. The molecular weight excluding hydrogens is 500 g/mol. The number of amides is 4. The number of rotatable bonds is 6. The van der Waals surface area contributed by atoms with Gasteiger partial charge in [-0.25, -0.2) is 5.01 Å². The highest BCUT2D eigenvalue weighted by Crippen LogP contribution is 2.36. The van der Waals surface area contributed by atoms with Crippen LogP contribution in [0.25, 0.3) is 0 Å². The van der Waals surface area contributed by atoms with Gasteiger partial charge in [0.2, 0.25) is 11.8 Å². The molecule has 204 valence electrons. The Bertz CT molecular complexity index is 1340. The smallest absolute Gasteiger partial charge is 0.262 e. The lowest BCUT2D eigenvalue weighted by Gasteiger charge is -2.42. The molecule has 4 amide bonds. The van der Waals surface area contributed by atoms with E-state index >= 15 is 0 Å². The zero-order valence-electron chi connectivity index (χ0n) is 22.6. The van der Waals surface area contributed by atoms with E-state index in [2.05, 4.69) is 0 Å². The number of ether oxygens (including phenoxy) is 2. The minimum absolute atomic E-state index is 0.0532. The van der Waals surface area contributed by atoms with Crippen molar-refractivity contribution in [3.05, 3.63) is 59.2 Å². The van der Waals surface area contributed by atoms with Crippen molar-refractivity contribution < 1.29 is 28.7 Å². The first-order valence-electron chi connectivity index (χ1n) is 13.0. The molecule has 0 aliphatic carbocycles. The van der Waals surface area contributed by atoms with Gasteiger partial charge in [0, 0.05) is 25.1 Å². The van der Waals surface area contributed by atoms with E-state index in [0.717, 1.165) is 16.2 Å². The van der Waals surface area contributed by atoms with Gasteiger partial charge in [-0.3, -0.25) is 24.1 Å². The van der Waals surface area contributed by atoms with Crippen molar-refractivity contribution >= 4 is 29.3 Å². The average Bonchev–Trinajstić information content (AvgIpc) is 3.18. The summed E-state index contributed by atoms with van der Waals surface area (Å²) in [6.07, 6.45) is 1.56. The van der Waals surface area contributed by atoms with Gasteiger partial charge in [-0.05, 0) is 43.2 Å². The molecule has 2 aromatic carbocycles. The lowest BCUT2D eigenvalue weighted by atomic mass is 9.82. The van der Waals surface area contributed by atoms with Gasteiger partial charge in [0.1, 0.15) is 6.54 Å². The normalized spacial score (nSPS) is 19.2. The van der Waals surface area contributed by atoms with Crippen LogP contribution in [0, 0.1) is 5.41 Å². The van der Waals surface area contributed by atoms with Crippen LogP contribution in [0.15, 0.2) is 47.6 Å². The molecule has 5 rings (SSSR count). The summed E-state index contributed by atoms with van der Waals surface area (Å²) in [4.78, 5) is 54.4. The Morgan fingerprint density at radius 1 is 0.949 bits per heavy atom. The molecule has 0 unspecified atom stereocenters. The second-order valence-electron chi connectivity index (χ2n) is 10.7. The highest BCUT2D eigenvalue weighted by molar-refractivity contribution is 6.22. The van der Waals surface area contributed by atoms with E-state index in [0.29, 0.717) is 55.0 Å². The topological polar surface area (TPSA) is 109 Å². The number of hydrogen-bond donors (Lipinski definition) is 0. The highest BCUT2D eigenvalue weighted by Gasteiger charge is 2.43. The van der Waals surface area contributed by atoms with E-state index in [9.17, 15) is 19.2 Å². The monoisotopic (exact) mass is 532 g/mol. The van der Waals surface area contributed by atoms with Crippen LogP contribution in [0.5, 0.6) is 11.5 Å². The van der Waals surface area contributed by atoms with Crippen molar-refractivity contribution in [3.8, 4) is 11.5 Å². The third-order valence-corrected chi connectivity index (χ3v) is 7.68.